The van der Waals surface area contributed by atoms with Crippen LogP contribution < -0.4 is 0 Å². The SMILES string of the molecule is CC(C)(C)OC(=O)CN(C[C@H]1COCCN1C(=O)O)C(=O)OCCl. The van der Waals surface area contributed by atoms with E-state index in [2.05, 4.69) is 0 Å². The van der Waals surface area contributed by atoms with Crippen molar-refractivity contribution < 1.29 is 33.7 Å². The van der Waals surface area contributed by atoms with Gasteiger partial charge in [0, 0.05) is 13.1 Å². The second kappa shape index (κ2) is 8.93. The molecule has 0 radical (unpaired) electrons. The fourth-order valence-electron chi connectivity index (χ4n) is 2.18. The van der Waals surface area contributed by atoms with Gasteiger partial charge in [0.15, 0.2) is 6.07 Å². The molecule has 1 atom stereocenters. The Bertz CT molecular complexity index is 467. The number of nitrogens with zero attached hydrogens (tertiary/aromatic N) is 2. The summed E-state index contributed by atoms with van der Waals surface area (Å²) < 4.78 is 15.2. The Morgan fingerprint density at radius 1 is 1.38 bits per heavy atom. The summed E-state index contributed by atoms with van der Waals surface area (Å²) in [4.78, 5) is 37.5. The molecule has 2 amide bonds. The zero-order chi connectivity index (χ0) is 18.3. The van der Waals surface area contributed by atoms with Crippen molar-refractivity contribution in [2.45, 2.75) is 32.4 Å². The molecule has 0 aromatic heterocycles. The molecule has 24 heavy (non-hydrogen) atoms. The lowest BCUT2D eigenvalue weighted by molar-refractivity contribution is -0.156. The van der Waals surface area contributed by atoms with Gasteiger partial charge in [0.2, 0.25) is 0 Å². The molecule has 1 aliphatic heterocycles. The van der Waals surface area contributed by atoms with Gasteiger partial charge in [-0.3, -0.25) is 14.6 Å². The van der Waals surface area contributed by atoms with E-state index in [9.17, 15) is 19.5 Å². The molecule has 10 heteroatoms. The van der Waals surface area contributed by atoms with Crippen LogP contribution in [0, 0.1) is 0 Å². The summed E-state index contributed by atoms with van der Waals surface area (Å²) in [7, 11) is 0. The fourth-order valence-corrected chi connectivity index (χ4v) is 2.28. The molecule has 0 spiro atoms. The second-order valence-electron chi connectivity index (χ2n) is 6.19. The number of hydrogen-bond acceptors (Lipinski definition) is 6. The number of hydrogen-bond donors (Lipinski definition) is 1. The van der Waals surface area contributed by atoms with Gasteiger partial charge in [0.25, 0.3) is 0 Å². The van der Waals surface area contributed by atoms with Crippen LogP contribution in [0.15, 0.2) is 0 Å². The molecule has 1 heterocycles. The van der Waals surface area contributed by atoms with E-state index in [0.29, 0.717) is 0 Å². The number of amides is 2. The Morgan fingerprint density at radius 2 is 2.04 bits per heavy atom. The summed E-state index contributed by atoms with van der Waals surface area (Å²) in [6, 6.07) is -0.991. The molecule has 1 N–H and O–H groups in total. The molecule has 0 aromatic rings. The quantitative estimate of drug-likeness (QED) is 0.578. The third-order valence-corrected chi connectivity index (χ3v) is 3.19. The maximum atomic E-state index is 12.0. The standard InChI is InChI=1S/C14H23ClN2O7/c1-14(2,3)24-11(18)7-16(13(21)23-9-15)6-10-8-22-5-4-17(10)12(19)20/h10H,4-9H2,1-3H3,(H,19,20)/t10-/m0/s1. The number of ether oxygens (including phenoxy) is 3. The number of carbonyl (C=O) groups excluding carboxylic acids is 2. The normalized spacial score (nSPS) is 18.0. The van der Waals surface area contributed by atoms with E-state index in [0.717, 1.165) is 4.90 Å². The summed E-state index contributed by atoms with van der Waals surface area (Å²) in [5.41, 5.74) is -0.708. The first-order valence-electron chi connectivity index (χ1n) is 7.41. The van der Waals surface area contributed by atoms with Crippen molar-refractivity contribution in [3.05, 3.63) is 0 Å². The molecule has 9 nitrogen and oxygen atoms in total. The average Bonchev–Trinajstić information content (AvgIpc) is 2.45. The number of rotatable bonds is 5. The highest BCUT2D eigenvalue weighted by Crippen LogP contribution is 2.12. The Hall–Kier alpha value is -1.74. The number of carbonyl (C=O) groups is 3. The minimum Gasteiger partial charge on any atom is -0.465 e. The second-order valence-corrected chi connectivity index (χ2v) is 6.41. The summed E-state index contributed by atoms with van der Waals surface area (Å²) >= 11 is 5.39. The summed E-state index contributed by atoms with van der Waals surface area (Å²) in [5.74, 6) is -0.632. The van der Waals surface area contributed by atoms with Gasteiger partial charge in [-0.25, -0.2) is 9.59 Å². The van der Waals surface area contributed by atoms with Crippen LogP contribution in [-0.2, 0) is 19.0 Å². The van der Waals surface area contributed by atoms with Gasteiger partial charge >= 0.3 is 18.2 Å². The van der Waals surface area contributed by atoms with Gasteiger partial charge in [0.1, 0.15) is 12.1 Å². The van der Waals surface area contributed by atoms with Crippen molar-refractivity contribution in [3.63, 3.8) is 0 Å². The number of alkyl halides is 1. The van der Waals surface area contributed by atoms with Crippen LogP contribution >= 0.6 is 11.6 Å². The van der Waals surface area contributed by atoms with Crippen LogP contribution in [0.4, 0.5) is 9.59 Å². The molecule has 1 fully saturated rings. The van der Waals surface area contributed by atoms with Crippen LogP contribution in [0.1, 0.15) is 20.8 Å². The van der Waals surface area contributed by atoms with E-state index >= 15 is 0 Å². The van der Waals surface area contributed by atoms with E-state index < -0.39 is 29.8 Å². The van der Waals surface area contributed by atoms with Gasteiger partial charge in [-0.15, -0.1) is 0 Å². The van der Waals surface area contributed by atoms with Crippen molar-refractivity contribution in [1.29, 1.82) is 0 Å². The van der Waals surface area contributed by atoms with Gasteiger partial charge in [-0.1, -0.05) is 11.6 Å². The van der Waals surface area contributed by atoms with Crippen molar-refractivity contribution in [2.75, 3.05) is 38.9 Å². The third-order valence-electron chi connectivity index (χ3n) is 3.08. The molecule has 0 aromatic carbocycles. The zero-order valence-corrected chi connectivity index (χ0v) is 14.7. The molecule has 1 aliphatic rings. The smallest absolute Gasteiger partial charge is 0.411 e. The highest BCUT2D eigenvalue weighted by molar-refractivity contribution is 6.17. The lowest BCUT2D eigenvalue weighted by atomic mass is 10.2. The molecule has 138 valence electrons. The lowest BCUT2D eigenvalue weighted by Crippen LogP contribution is -2.55. The molecular formula is C14H23ClN2O7. The van der Waals surface area contributed by atoms with E-state index in [4.69, 9.17) is 25.8 Å². The van der Waals surface area contributed by atoms with Crippen LogP contribution in [0.25, 0.3) is 0 Å². The van der Waals surface area contributed by atoms with Gasteiger partial charge in [0.05, 0.1) is 19.3 Å². The van der Waals surface area contributed by atoms with Gasteiger partial charge in [-0.2, -0.15) is 0 Å². The van der Waals surface area contributed by atoms with Gasteiger partial charge < -0.3 is 19.3 Å². The molecule has 1 rings (SSSR count). The lowest BCUT2D eigenvalue weighted by Gasteiger charge is -2.36. The van der Waals surface area contributed by atoms with Crippen LogP contribution in [0.5, 0.6) is 0 Å². The summed E-state index contributed by atoms with van der Waals surface area (Å²) in [6.07, 6.45) is -1.95. The molecule has 0 bridgehead atoms. The first-order valence-corrected chi connectivity index (χ1v) is 7.94. The van der Waals surface area contributed by atoms with Crippen LogP contribution in [0.2, 0.25) is 0 Å². The Labute approximate surface area is 145 Å². The Balaban J connectivity index is 2.79. The number of morpholine rings is 1. The van der Waals surface area contributed by atoms with Crippen LogP contribution in [-0.4, -0.2) is 83.6 Å². The predicted molar refractivity (Wildman–Crippen MR) is 84.0 cm³/mol. The Morgan fingerprint density at radius 3 is 2.58 bits per heavy atom. The highest BCUT2D eigenvalue weighted by atomic mass is 35.5. The fraction of sp³-hybridized carbons (Fsp3) is 0.786. The van der Waals surface area contributed by atoms with Crippen LogP contribution in [0.3, 0.4) is 0 Å². The molecule has 0 unspecified atom stereocenters. The maximum absolute atomic E-state index is 12.0. The number of carboxylic acid groups (broad SMARTS) is 1. The van der Waals surface area contributed by atoms with E-state index in [-0.39, 0.29) is 38.9 Å². The topological polar surface area (TPSA) is 106 Å². The third kappa shape index (κ3) is 6.79. The maximum Gasteiger partial charge on any atom is 0.411 e. The predicted octanol–water partition coefficient (Wildman–Crippen LogP) is 1.34. The van der Waals surface area contributed by atoms with Crippen molar-refractivity contribution >= 4 is 29.8 Å². The number of esters is 1. The number of halogens is 1. The molecule has 0 saturated carbocycles. The zero-order valence-electron chi connectivity index (χ0n) is 14.0. The van der Waals surface area contributed by atoms with Crippen molar-refractivity contribution in [3.8, 4) is 0 Å². The average molecular weight is 367 g/mol. The van der Waals surface area contributed by atoms with E-state index in [1.54, 1.807) is 20.8 Å². The first-order chi connectivity index (χ1) is 11.1. The van der Waals surface area contributed by atoms with Crippen molar-refractivity contribution in [2.24, 2.45) is 0 Å². The summed E-state index contributed by atoms with van der Waals surface area (Å²) in [6.45, 7) is 5.24. The summed E-state index contributed by atoms with van der Waals surface area (Å²) in [5, 5.41) is 9.22. The molecule has 1 saturated heterocycles. The molecule has 0 aliphatic carbocycles. The van der Waals surface area contributed by atoms with E-state index in [1.165, 1.54) is 4.90 Å². The monoisotopic (exact) mass is 366 g/mol. The minimum atomic E-state index is -1.12. The highest BCUT2D eigenvalue weighted by Gasteiger charge is 2.32. The van der Waals surface area contributed by atoms with E-state index in [1.807, 2.05) is 0 Å². The Kier molecular flexibility index (Phi) is 7.56. The minimum absolute atomic E-state index is 0.0682. The van der Waals surface area contributed by atoms with Crippen molar-refractivity contribution in [1.82, 2.24) is 9.80 Å². The largest absolute Gasteiger partial charge is 0.465 e. The molecular weight excluding hydrogens is 344 g/mol. The first kappa shape index (κ1) is 20.3. The van der Waals surface area contributed by atoms with Gasteiger partial charge in [-0.05, 0) is 20.8 Å².